The second-order valence-electron chi connectivity index (χ2n) is 2.97. The monoisotopic (exact) mass is 139 g/mol. The highest BCUT2D eigenvalue weighted by Crippen LogP contribution is 2.07. The molecule has 1 heterocycles. The highest BCUT2D eigenvalue weighted by Gasteiger charge is 2.15. The van der Waals surface area contributed by atoms with E-state index in [1.54, 1.807) is 0 Å². The fourth-order valence-corrected chi connectivity index (χ4v) is 1.00. The summed E-state index contributed by atoms with van der Waals surface area (Å²) in [6.07, 6.45) is 4.54. The standard InChI is InChI=1S/C8H13NO/c1-6(2)7-4-3-5-8(10)9-7/h3-4,6-7H,5H2,1-2H3,(H,9,10)/t7-/m0/s1. The molecule has 0 unspecified atom stereocenters. The lowest BCUT2D eigenvalue weighted by Crippen LogP contribution is -2.39. The lowest BCUT2D eigenvalue weighted by Gasteiger charge is -2.21. The Balaban J connectivity index is 2.55. The van der Waals surface area contributed by atoms with Gasteiger partial charge in [0.25, 0.3) is 0 Å². The average Bonchev–Trinajstić information content (AvgIpc) is 1.88. The summed E-state index contributed by atoms with van der Waals surface area (Å²) in [5.41, 5.74) is 0. The Morgan fingerprint density at radius 2 is 2.40 bits per heavy atom. The first-order chi connectivity index (χ1) is 4.70. The fourth-order valence-electron chi connectivity index (χ4n) is 1.00. The van der Waals surface area contributed by atoms with Gasteiger partial charge in [0, 0.05) is 12.5 Å². The van der Waals surface area contributed by atoms with Crippen molar-refractivity contribution in [1.29, 1.82) is 0 Å². The number of hydrogen-bond donors (Lipinski definition) is 1. The summed E-state index contributed by atoms with van der Waals surface area (Å²) in [6.45, 7) is 4.20. The molecule has 0 spiro atoms. The van der Waals surface area contributed by atoms with Crippen LogP contribution < -0.4 is 5.32 Å². The topological polar surface area (TPSA) is 29.1 Å². The van der Waals surface area contributed by atoms with E-state index in [1.165, 1.54) is 0 Å². The summed E-state index contributed by atoms with van der Waals surface area (Å²) >= 11 is 0. The van der Waals surface area contributed by atoms with Crippen LogP contribution in [-0.2, 0) is 4.79 Å². The third-order valence-corrected chi connectivity index (χ3v) is 1.69. The summed E-state index contributed by atoms with van der Waals surface area (Å²) in [6, 6.07) is 0.251. The Morgan fingerprint density at radius 1 is 1.70 bits per heavy atom. The molecule has 1 atom stereocenters. The molecule has 0 bridgehead atoms. The number of carbonyl (C=O) groups excluding carboxylic acids is 1. The summed E-state index contributed by atoms with van der Waals surface area (Å²) in [5, 5.41) is 2.89. The predicted octanol–water partition coefficient (Wildman–Crippen LogP) is 1.09. The number of amides is 1. The van der Waals surface area contributed by atoms with Crippen LogP contribution in [0.1, 0.15) is 20.3 Å². The summed E-state index contributed by atoms with van der Waals surface area (Å²) in [7, 11) is 0. The molecule has 1 N–H and O–H groups in total. The third kappa shape index (κ3) is 1.59. The quantitative estimate of drug-likeness (QED) is 0.541. The molecule has 56 valence electrons. The van der Waals surface area contributed by atoms with E-state index < -0.39 is 0 Å². The fraction of sp³-hybridized carbons (Fsp3) is 0.625. The van der Waals surface area contributed by atoms with E-state index in [0.717, 1.165) is 0 Å². The van der Waals surface area contributed by atoms with E-state index >= 15 is 0 Å². The van der Waals surface area contributed by atoms with E-state index in [0.29, 0.717) is 12.3 Å². The molecule has 1 aliphatic heterocycles. The smallest absolute Gasteiger partial charge is 0.224 e. The predicted molar refractivity (Wildman–Crippen MR) is 40.5 cm³/mol. The molecule has 0 aromatic carbocycles. The van der Waals surface area contributed by atoms with Crippen molar-refractivity contribution in [3.63, 3.8) is 0 Å². The maximum Gasteiger partial charge on any atom is 0.224 e. The molecule has 0 radical (unpaired) electrons. The second-order valence-corrected chi connectivity index (χ2v) is 2.97. The van der Waals surface area contributed by atoms with Crippen LogP contribution in [0, 0.1) is 5.92 Å². The lowest BCUT2D eigenvalue weighted by atomic mass is 10.0. The zero-order valence-corrected chi connectivity index (χ0v) is 6.42. The van der Waals surface area contributed by atoms with Crippen LogP contribution >= 0.6 is 0 Å². The van der Waals surface area contributed by atoms with Gasteiger partial charge in [-0.2, -0.15) is 0 Å². The number of carbonyl (C=O) groups is 1. The molecular formula is C8H13NO. The van der Waals surface area contributed by atoms with Crippen molar-refractivity contribution in [2.45, 2.75) is 26.3 Å². The number of nitrogens with one attached hydrogen (secondary N) is 1. The Morgan fingerprint density at radius 3 is 2.80 bits per heavy atom. The van der Waals surface area contributed by atoms with Gasteiger partial charge in [0.05, 0.1) is 0 Å². The van der Waals surface area contributed by atoms with Crippen LogP contribution in [0.25, 0.3) is 0 Å². The van der Waals surface area contributed by atoms with Gasteiger partial charge >= 0.3 is 0 Å². The van der Waals surface area contributed by atoms with E-state index in [4.69, 9.17) is 0 Å². The minimum Gasteiger partial charge on any atom is -0.349 e. The van der Waals surface area contributed by atoms with Crippen molar-refractivity contribution in [3.05, 3.63) is 12.2 Å². The molecule has 2 heteroatoms. The van der Waals surface area contributed by atoms with E-state index in [1.807, 2.05) is 6.08 Å². The van der Waals surface area contributed by atoms with E-state index in [9.17, 15) is 4.79 Å². The van der Waals surface area contributed by atoms with Crippen molar-refractivity contribution in [1.82, 2.24) is 5.32 Å². The summed E-state index contributed by atoms with van der Waals surface area (Å²) < 4.78 is 0. The Kier molecular flexibility index (Phi) is 2.10. The van der Waals surface area contributed by atoms with Gasteiger partial charge in [-0.05, 0) is 5.92 Å². The van der Waals surface area contributed by atoms with Crippen LogP contribution in [0.5, 0.6) is 0 Å². The van der Waals surface area contributed by atoms with Crippen molar-refractivity contribution in [2.75, 3.05) is 0 Å². The van der Waals surface area contributed by atoms with Gasteiger partial charge in [0.1, 0.15) is 0 Å². The molecular weight excluding hydrogens is 126 g/mol. The Labute approximate surface area is 61.3 Å². The second kappa shape index (κ2) is 2.86. The molecule has 0 aromatic heterocycles. The largest absolute Gasteiger partial charge is 0.349 e. The first-order valence-electron chi connectivity index (χ1n) is 3.66. The zero-order valence-electron chi connectivity index (χ0n) is 6.42. The molecule has 0 aliphatic carbocycles. The number of hydrogen-bond acceptors (Lipinski definition) is 1. The first kappa shape index (κ1) is 7.32. The molecule has 1 rings (SSSR count). The van der Waals surface area contributed by atoms with Crippen LogP contribution in [0.2, 0.25) is 0 Å². The average molecular weight is 139 g/mol. The van der Waals surface area contributed by atoms with E-state index in [-0.39, 0.29) is 11.9 Å². The Bertz CT molecular complexity index is 161. The van der Waals surface area contributed by atoms with Crippen molar-refractivity contribution in [3.8, 4) is 0 Å². The zero-order chi connectivity index (χ0) is 7.56. The normalized spacial score (nSPS) is 25.1. The summed E-state index contributed by atoms with van der Waals surface area (Å²) in [5.74, 6) is 0.640. The maximum atomic E-state index is 10.8. The molecule has 2 nitrogen and oxygen atoms in total. The number of rotatable bonds is 1. The minimum atomic E-state index is 0.140. The highest BCUT2D eigenvalue weighted by molar-refractivity contribution is 5.79. The van der Waals surface area contributed by atoms with Crippen LogP contribution in [-0.4, -0.2) is 11.9 Å². The molecule has 0 fully saturated rings. The van der Waals surface area contributed by atoms with Gasteiger partial charge in [-0.25, -0.2) is 0 Å². The van der Waals surface area contributed by atoms with Crippen molar-refractivity contribution in [2.24, 2.45) is 5.92 Å². The lowest BCUT2D eigenvalue weighted by molar-refractivity contribution is -0.121. The minimum absolute atomic E-state index is 0.140. The molecule has 1 amide bonds. The van der Waals surface area contributed by atoms with Gasteiger partial charge < -0.3 is 5.32 Å². The SMILES string of the molecule is CC(C)[C@@H]1C=CCC(=O)N1. The first-order valence-corrected chi connectivity index (χ1v) is 3.66. The third-order valence-electron chi connectivity index (χ3n) is 1.69. The van der Waals surface area contributed by atoms with Crippen LogP contribution in [0.3, 0.4) is 0 Å². The van der Waals surface area contributed by atoms with Crippen LogP contribution in [0.15, 0.2) is 12.2 Å². The van der Waals surface area contributed by atoms with Crippen molar-refractivity contribution >= 4 is 5.91 Å². The Hall–Kier alpha value is -0.790. The maximum absolute atomic E-state index is 10.8. The van der Waals surface area contributed by atoms with Gasteiger partial charge in [-0.3, -0.25) is 4.79 Å². The molecule has 0 saturated carbocycles. The molecule has 1 aliphatic rings. The van der Waals surface area contributed by atoms with Gasteiger partial charge in [-0.15, -0.1) is 0 Å². The summed E-state index contributed by atoms with van der Waals surface area (Å²) in [4.78, 5) is 10.8. The molecule has 0 saturated heterocycles. The van der Waals surface area contributed by atoms with E-state index in [2.05, 4.69) is 25.2 Å². The molecule has 10 heavy (non-hydrogen) atoms. The molecule has 0 aromatic rings. The van der Waals surface area contributed by atoms with Crippen LogP contribution in [0.4, 0.5) is 0 Å². The van der Waals surface area contributed by atoms with Gasteiger partial charge in [-0.1, -0.05) is 26.0 Å². The van der Waals surface area contributed by atoms with Gasteiger partial charge in [0.15, 0.2) is 0 Å². The van der Waals surface area contributed by atoms with Crippen molar-refractivity contribution < 1.29 is 4.79 Å². The highest BCUT2D eigenvalue weighted by atomic mass is 16.1. The van der Waals surface area contributed by atoms with Gasteiger partial charge in [0.2, 0.25) is 5.91 Å².